The van der Waals surface area contributed by atoms with E-state index in [4.69, 9.17) is 22.1 Å². The average Bonchev–Trinajstić information content (AvgIpc) is 3.06. The van der Waals surface area contributed by atoms with Crippen molar-refractivity contribution in [2.24, 2.45) is 11.1 Å². The molecule has 2 aliphatic heterocycles. The van der Waals surface area contributed by atoms with Crippen LogP contribution in [0.1, 0.15) is 58.1 Å². The van der Waals surface area contributed by atoms with Crippen molar-refractivity contribution < 1.29 is 18.3 Å². The molecule has 2 fully saturated rings. The minimum atomic E-state index is -1.20. The van der Waals surface area contributed by atoms with Crippen LogP contribution in [0.25, 0.3) is 0 Å². The number of cyclic esters (lactones) is 1. The molecule has 32 heavy (non-hydrogen) atoms. The fourth-order valence-corrected chi connectivity index (χ4v) is 5.70. The predicted octanol–water partition coefficient (Wildman–Crippen LogP) is 5.34. The van der Waals surface area contributed by atoms with Gasteiger partial charge in [0.05, 0.1) is 10.6 Å². The molecule has 2 saturated heterocycles. The third-order valence-electron chi connectivity index (χ3n) is 6.70. The summed E-state index contributed by atoms with van der Waals surface area (Å²) in [6.07, 6.45) is 0.607. The molecule has 2 heterocycles. The summed E-state index contributed by atoms with van der Waals surface area (Å²) < 4.78 is 35.0. The largest absolute Gasteiger partial charge is 0.443 e. The smallest absolute Gasteiger partial charge is 0.325 e. The van der Waals surface area contributed by atoms with Crippen molar-refractivity contribution in [1.29, 1.82) is 0 Å². The number of nitrogens with two attached hydrogens (primary N) is 1. The van der Waals surface area contributed by atoms with E-state index in [9.17, 15) is 9.18 Å². The van der Waals surface area contributed by atoms with Gasteiger partial charge in [-0.2, -0.15) is 0 Å². The highest BCUT2D eigenvalue weighted by Crippen LogP contribution is 2.57. The van der Waals surface area contributed by atoms with Crippen LogP contribution in [0.5, 0.6) is 0 Å². The van der Waals surface area contributed by atoms with Crippen molar-refractivity contribution in [3.63, 3.8) is 0 Å². The molecule has 0 bridgehead atoms. The first-order valence-corrected chi connectivity index (χ1v) is 11.2. The number of hydrogen-bond acceptors (Lipinski definition) is 4. The molecule has 0 aromatic heterocycles. The molecule has 172 valence electrons. The Balaban J connectivity index is 2.03. The van der Waals surface area contributed by atoms with Gasteiger partial charge in [-0.05, 0) is 55.0 Å². The SMILES string of the molecule is CC(C)(C)C[C@@H]1N2[C@@H](C(=O)OC2(C)C)[C@H](c2cccc(Cl)c2F)[C@@]1(N)c1ccc(F)cc1. The van der Waals surface area contributed by atoms with Crippen molar-refractivity contribution >= 4 is 17.6 Å². The van der Waals surface area contributed by atoms with Gasteiger partial charge in [-0.1, -0.05) is 56.6 Å². The number of ether oxygens (including phenoxy) is 1. The average molecular weight is 463 g/mol. The fraction of sp³-hybridized carbons (Fsp3) is 0.480. The number of carbonyl (C=O) groups excluding carboxylic acids is 1. The van der Waals surface area contributed by atoms with Gasteiger partial charge in [-0.25, -0.2) is 13.7 Å². The number of fused-ring (bicyclic) bond motifs is 1. The van der Waals surface area contributed by atoms with Crippen molar-refractivity contribution in [2.45, 2.75) is 70.3 Å². The summed E-state index contributed by atoms with van der Waals surface area (Å²) in [7, 11) is 0. The molecule has 0 unspecified atom stereocenters. The first-order valence-electron chi connectivity index (χ1n) is 10.8. The van der Waals surface area contributed by atoms with Gasteiger partial charge in [-0.3, -0.25) is 4.79 Å². The molecule has 4 nitrogen and oxygen atoms in total. The standard InChI is InChI=1S/C25H29ClF2N2O2/c1-23(2,3)13-18-25(29,14-9-11-15(27)12-10-14)19(16-7-6-8-17(26)20(16)28)21-22(31)32-24(4,5)30(18)21/h6-12,18-19,21H,13,29H2,1-5H3/t18-,19-,21+,25+/m0/s1. The van der Waals surface area contributed by atoms with Crippen LogP contribution in [0.3, 0.4) is 0 Å². The Bertz CT molecular complexity index is 1050. The lowest BCUT2D eigenvalue weighted by atomic mass is 9.68. The van der Waals surface area contributed by atoms with Crippen LogP contribution in [0.15, 0.2) is 42.5 Å². The molecule has 7 heteroatoms. The van der Waals surface area contributed by atoms with E-state index in [1.165, 1.54) is 18.2 Å². The van der Waals surface area contributed by atoms with Crippen LogP contribution in [-0.4, -0.2) is 28.7 Å². The quantitative estimate of drug-likeness (QED) is 0.626. The minimum absolute atomic E-state index is 0.0413. The Morgan fingerprint density at radius 1 is 1.12 bits per heavy atom. The summed E-state index contributed by atoms with van der Waals surface area (Å²) in [5, 5.41) is -0.0413. The molecule has 0 aliphatic carbocycles. The lowest BCUT2D eigenvalue weighted by Gasteiger charge is -2.44. The topological polar surface area (TPSA) is 55.6 Å². The van der Waals surface area contributed by atoms with Crippen LogP contribution in [-0.2, 0) is 15.1 Å². The molecule has 0 saturated carbocycles. The van der Waals surface area contributed by atoms with Crippen LogP contribution < -0.4 is 5.73 Å². The van der Waals surface area contributed by atoms with E-state index >= 15 is 4.39 Å². The van der Waals surface area contributed by atoms with Crippen LogP contribution in [0.4, 0.5) is 8.78 Å². The molecule has 0 spiro atoms. The monoisotopic (exact) mass is 462 g/mol. The second-order valence-electron chi connectivity index (χ2n) is 10.6. The van der Waals surface area contributed by atoms with E-state index in [1.807, 2.05) is 18.7 Å². The Morgan fingerprint density at radius 3 is 2.34 bits per heavy atom. The summed E-state index contributed by atoms with van der Waals surface area (Å²) >= 11 is 6.14. The highest BCUT2D eigenvalue weighted by molar-refractivity contribution is 6.30. The lowest BCUT2D eigenvalue weighted by molar-refractivity contribution is -0.152. The number of halogens is 3. The Hall–Kier alpha value is -2.02. The molecule has 2 N–H and O–H groups in total. The highest BCUT2D eigenvalue weighted by atomic mass is 35.5. The highest BCUT2D eigenvalue weighted by Gasteiger charge is 2.68. The van der Waals surface area contributed by atoms with Crippen LogP contribution in [0, 0.1) is 17.0 Å². The summed E-state index contributed by atoms with van der Waals surface area (Å²) in [6, 6.07) is 9.48. The Kier molecular flexibility index (Phi) is 5.43. The maximum absolute atomic E-state index is 15.4. The van der Waals surface area contributed by atoms with E-state index in [-0.39, 0.29) is 22.0 Å². The van der Waals surface area contributed by atoms with E-state index in [1.54, 1.807) is 24.3 Å². The normalized spacial score (nSPS) is 29.8. The second-order valence-corrected chi connectivity index (χ2v) is 11.0. The number of esters is 1. The zero-order chi connectivity index (χ0) is 23.6. The molecular formula is C25H29ClF2N2O2. The first kappa shape index (κ1) is 23.1. The third kappa shape index (κ3) is 3.53. The number of nitrogens with zero attached hydrogens (tertiary/aromatic N) is 1. The zero-order valence-corrected chi connectivity index (χ0v) is 19.7. The van der Waals surface area contributed by atoms with Crippen molar-refractivity contribution in [3.05, 3.63) is 70.2 Å². The summed E-state index contributed by atoms with van der Waals surface area (Å²) in [5.74, 6) is -2.24. The third-order valence-corrected chi connectivity index (χ3v) is 6.99. The zero-order valence-electron chi connectivity index (χ0n) is 19.0. The maximum atomic E-state index is 15.4. The van der Waals surface area contributed by atoms with Crippen LogP contribution >= 0.6 is 11.6 Å². The van der Waals surface area contributed by atoms with Crippen molar-refractivity contribution in [3.8, 4) is 0 Å². The maximum Gasteiger partial charge on any atom is 0.325 e. The first-order chi connectivity index (χ1) is 14.8. The molecule has 4 atom stereocenters. The van der Waals surface area contributed by atoms with Gasteiger partial charge in [0.25, 0.3) is 0 Å². The lowest BCUT2D eigenvalue weighted by Crippen LogP contribution is -2.56. The molecule has 2 aromatic rings. The van der Waals surface area contributed by atoms with Gasteiger partial charge in [0.15, 0.2) is 5.72 Å². The Labute approximate surface area is 192 Å². The van der Waals surface area contributed by atoms with Crippen LogP contribution in [0.2, 0.25) is 5.02 Å². The number of hydrogen-bond donors (Lipinski definition) is 1. The number of benzene rings is 2. The van der Waals surface area contributed by atoms with E-state index in [0.29, 0.717) is 12.0 Å². The van der Waals surface area contributed by atoms with Gasteiger partial charge < -0.3 is 10.5 Å². The Morgan fingerprint density at radius 2 is 1.75 bits per heavy atom. The van der Waals surface area contributed by atoms with Gasteiger partial charge in [0.1, 0.15) is 17.7 Å². The number of rotatable bonds is 3. The second kappa shape index (κ2) is 7.51. The molecule has 4 rings (SSSR count). The molecule has 0 amide bonds. The minimum Gasteiger partial charge on any atom is -0.443 e. The van der Waals surface area contributed by atoms with Gasteiger partial charge >= 0.3 is 5.97 Å². The summed E-state index contributed by atoms with van der Waals surface area (Å²) in [5.41, 5.74) is 5.86. The molecular weight excluding hydrogens is 434 g/mol. The summed E-state index contributed by atoms with van der Waals surface area (Å²) in [6.45, 7) is 9.91. The predicted molar refractivity (Wildman–Crippen MR) is 120 cm³/mol. The molecule has 2 aromatic carbocycles. The van der Waals surface area contributed by atoms with E-state index in [0.717, 1.165) is 0 Å². The van der Waals surface area contributed by atoms with E-state index in [2.05, 4.69) is 20.8 Å². The van der Waals surface area contributed by atoms with E-state index < -0.39 is 40.8 Å². The molecule has 2 aliphatic rings. The van der Waals surface area contributed by atoms with Crippen molar-refractivity contribution in [1.82, 2.24) is 4.90 Å². The number of carbonyl (C=O) groups is 1. The van der Waals surface area contributed by atoms with Crippen molar-refractivity contribution in [2.75, 3.05) is 0 Å². The van der Waals surface area contributed by atoms with Gasteiger partial charge in [-0.15, -0.1) is 0 Å². The van der Waals surface area contributed by atoms with Gasteiger partial charge in [0.2, 0.25) is 0 Å². The summed E-state index contributed by atoms with van der Waals surface area (Å²) in [4.78, 5) is 15.2. The van der Waals surface area contributed by atoms with Gasteiger partial charge in [0, 0.05) is 12.0 Å². The molecule has 0 radical (unpaired) electrons. The fourth-order valence-electron chi connectivity index (χ4n) is 5.52.